The highest BCUT2D eigenvalue weighted by Gasteiger charge is 2.26. The second-order valence-electron chi connectivity index (χ2n) is 5.83. The molecule has 0 atom stereocenters. The van der Waals surface area contributed by atoms with Gasteiger partial charge in [0.05, 0.1) is 0 Å². The summed E-state index contributed by atoms with van der Waals surface area (Å²) in [5.74, 6) is 0.156. The summed E-state index contributed by atoms with van der Waals surface area (Å²) in [6.07, 6.45) is 6.00. The molecule has 3 heteroatoms. The van der Waals surface area contributed by atoms with E-state index in [1.54, 1.807) is 0 Å². The molecule has 1 saturated carbocycles. The molecule has 0 aromatic heterocycles. The lowest BCUT2D eigenvalue weighted by Gasteiger charge is -2.34. The largest absolute Gasteiger partial charge is 0.334 e. The molecule has 3 nitrogen and oxygen atoms in total. The van der Waals surface area contributed by atoms with Crippen molar-refractivity contribution in [1.82, 2.24) is 4.90 Å². The Bertz CT molecular complexity index is 464. The summed E-state index contributed by atoms with van der Waals surface area (Å²) in [5, 5.41) is 0. The Morgan fingerprint density at radius 1 is 1.25 bits per heavy atom. The van der Waals surface area contributed by atoms with Gasteiger partial charge in [-0.25, -0.2) is 0 Å². The molecule has 0 aliphatic heterocycles. The Labute approximate surface area is 122 Å². The molecule has 1 amide bonds. The van der Waals surface area contributed by atoms with E-state index in [9.17, 15) is 4.79 Å². The smallest absolute Gasteiger partial charge is 0.254 e. The van der Waals surface area contributed by atoms with E-state index >= 15 is 0 Å². The fourth-order valence-corrected chi connectivity index (χ4v) is 3.12. The number of nitrogens with two attached hydrogens (primary N) is 1. The Morgan fingerprint density at radius 3 is 2.60 bits per heavy atom. The van der Waals surface area contributed by atoms with E-state index in [1.807, 2.05) is 24.0 Å². The van der Waals surface area contributed by atoms with Gasteiger partial charge in [0, 0.05) is 24.7 Å². The van der Waals surface area contributed by atoms with Crippen LogP contribution < -0.4 is 5.73 Å². The van der Waals surface area contributed by atoms with Crippen LogP contribution in [0.1, 0.15) is 53.6 Å². The molecule has 1 aliphatic carbocycles. The van der Waals surface area contributed by atoms with E-state index < -0.39 is 0 Å². The molecule has 0 spiro atoms. The lowest BCUT2D eigenvalue weighted by atomic mass is 9.93. The fourth-order valence-electron chi connectivity index (χ4n) is 3.12. The summed E-state index contributed by atoms with van der Waals surface area (Å²) in [7, 11) is 0. The lowest BCUT2D eigenvalue weighted by Crippen LogP contribution is -2.44. The average molecular weight is 274 g/mol. The summed E-state index contributed by atoms with van der Waals surface area (Å²) >= 11 is 0. The van der Waals surface area contributed by atoms with Crippen molar-refractivity contribution >= 4 is 5.91 Å². The third kappa shape index (κ3) is 3.21. The quantitative estimate of drug-likeness (QED) is 0.917. The van der Waals surface area contributed by atoms with E-state index in [1.165, 1.54) is 24.8 Å². The minimum atomic E-state index is 0.156. The predicted octanol–water partition coefficient (Wildman–Crippen LogP) is 3.04. The molecule has 0 unspecified atom stereocenters. The molecular formula is C17H26N2O. The van der Waals surface area contributed by atoms with Crippen molar-refractivity contribution in [1.29, 1.82) is 0 Å². The Balaban J connectivity index is 2.23. The van der Waals surface area contributed by atoms with Crippen LogP contribution in [0.25, 0.3) is 0 Å². The second kappa shape index (κ2) is 6.89. The average Bonchev–Trinajstić information content (AvgIpc) is 2.48. The van der Waals surface area contributed by atoms with Gasteiger partial charge < -0.3 is 10.6 Å². The van der Waals surface area contributed by atoms with Crippen molar-refractivity contribution in [2.24, 2.45) is 5.73 Å². The van der Waals surface area contributed by atoms with Gasteiger partial charge in [-0.05, 0) is 43.9 Å². The zero-order chi connectivity index (χ0) is 14.5. The number of nitrogens with zero attached hydrogens (tertiary/aromatic N) is 1. The van der Waals surface area contributed by atoms with Crippen LogP contribution >= 0.6 is 0 Å². The second-order valence-corrected chi connectivity index (χ2v) is 5.83. The van der Waals surface area contributed by atoms with Crippen molar-refractivity contribution in [2.75, 3.05) is 13.1 Å². The number of aryl methyl sites for hydroxylation is 1. The molecule has 110 valence electrons. The monoisotopic (exact) mass is 274 g/mol. The molecule has 1 aromatic carbocycles. The van der Waals surface area contributed by atoms with Gasteiger partial charge >= 0.3 is 0 Å². The van der Waals surface area contributed by atoms with Crippen LogP contribution in [0.2, 0.25) is 0 Å². The van der Waals surface area contributed by atoms with E-state index in [-0.39, 0.29) is 5.91 Å². The molecule has 20 heavy (non-hydrogen) atoms. The van der Waals surface area contributed by atoms with Crippen LogP contribution in [0.5, 0.6) is 0 Å². The van der Waals surface area contributed by atoms with E-state index in [2.05, 4.69) is 13.0 Å². The van der Waals surface area contributed by atoms with Gasteiger partial charge in [-0.3, -0.25) is 4.79 Å². The van der Waals surface area contributed by atoms with Crippen LogP contribution in [-0.2, 0) is 0 Å². The van der Waals surface area contributed by atoms with Gasteiger partial charge in [0.25, 0.3) is 5.91 Å². The first kappa shape index (κ1) is 15.0. The molecule has 2 N–H and O–H groups in total. The molecule has 0 radical (unpaired) electrons. The van der Waals surface area contributed by atoms with E-state index in [0.717, 1.165) is 24.0 Å². The van der Waals surface area contributed by atoms with Crippen LogP contribution in [-0.4, -0.2) is 29.9 Å². The van der Waals surface area contributed by atoms with E-state index in [4.69, 9.17) is 5.73 Å². The molecule has 0 saturated heterocycles. The van der Waals surface area contributed by atoms with Gasteiger partial charge in [-0.2, -0.15) is 0 Å². The third-order valence-electron chi connectivity index (χ3n) is 4.48. The fraction of sp³-hybridized carbons (Fsp3) is 0.588. The lowest BCUT2D eigenvalue weighted by molar-refractivity contribution is 0.0641. The molecule has 1 fully saturated rings. The van der Waals surface area contributed by atoms with Gasteiger partial charge in [-0.1, -0.05) is 31.4 Å². The highest BCUT2D eigenvalue weighted by Crippen LogP contribution is 2.25. The molecule has 1 aliphatic rings. The predicted molar refractivity (Wildman–Crippen MR) is 82.9 cm³/mol. The third-order valence-corrected chi connectivity index (χ3v) is 4.48. The highest BCUT2D eigenvalue weighted by atomic mass is 16.2. The molecule has 2 rings (SSSR count). The summed E-state index contributed by atoms with van der Waals surface area (Å²) < 4.78 is 0. The maximum Gasteiger partial charge on any atom is 0.254 e. The number of rotatable bonds is 4. The van der Waals surface area contributed by atoms with E-state index in [0.29, 0.717) is 19.1 Å². The zero-order valence-electron chi connectivity index (χ0n) is 12.7. The van der Waals surface area contributed by atoms with Crippen molar-refractivity contribution in [3.8, 4) is 0 Å². The first-order valence-corrected chi connectivity index (χ1v) is 7.72. The first-order chi connectivity index (χ1) is 9.65. The van der Waals surface area contributed by atoms with Gasteiger partial charge in [-0.15, -0.1) is 0 Å². The summed E-state index contributed by atoms with van der Waals surface area (Å²) in [5.41, 5.74) is 8.83. The van der Waals surface area contributed by atoms with Crippen LogP contribution in [0, 0.1) is 13.8 Å². The Kier molecular flexibility index (Phi) is 5.18. The number of carbonyl (C=O) groups is 1. The van der Waals surface area contributed by atoms with Crippen molar-refractivity contribution in [2.45, 2.75) is 52.0 Å². The number of hydrogen-bond donors (Lipinski definition) is 1. The van der Waals surface area contributed by atoms with Gasteiger partial charge in [0.15, 0.2) is 0 Å². The Hall–Kier alpha value is -1.35. The summed E-state index contributed by atoms with van der Waals surface area (Å²) in [4.78, 5) is 14.9. The number of amides is 1. The van der Waals surface area contributed by atoms with Crippen LogP contribution in [0.3, 0.4) is 0 Å². The maximum atomic E-state index is 12.9. The number of carbonyl (C=O) groups excluding carboxylic acids is 1. The Morgan fingerprint density at radius 2 is 1.95 bits per heavy atom. The molecule has 0 bridgehead atoms. The molecule has 0 heterocycles. The van der Waals surface area contributed by atoms with Gasteiger partial charge in [0.1, 0.15) is 0 Å². The minimum absolute atomic E-state index is 0.156. The van der Waals surface area contributed by atoms with Gasteiger partial charge in [0.2, 0.25) is 0 Å². The number of hydrogen-bond acceptors (Lipinski definition) is 2. The zero-order valence-corrected chi connectivity index (χ0v) is 12.7. The topological polar surface area (TPSA) is 46.3 Å². The first-order valence-electron chi connectivity index (χ1n) is 7.72. The van der Waals surface area contributed by atoms with Crippen molar-refractivity contribution in [3.05, 3.63) is 34.9 Å². The normalized spacial score (nSPS) is 16.1. The maximum absolute atomic E-state index is 12.9. The standard InChI is InChI=1S/C17H26N2O/c1-13-7-6-10-16(14(13)2)17(20)19(12-11-18)15-8-4-3-5-9-15/h6-7,10,15H,3-5,8-9,11-12,18H2,1-2H3. The van der Waals surface area contributed by atoms with Crippen LogP contribution in [0.4, 0.5) is 0 Å². The van der Waals surface area contributed by atoms with Crippen molar-refractivity contribution < 1.29 is 4.79 Å². The van der Waals surface area contributed by atoms with Crippen molar-refractivity contribution in [3.63, 3.8) is 0 Å². The SMILES string of the molecule is Cc1cccc(C(=O)N(CCN)C2CCCCC2)c1C. The highest BCUT2D eigenvalue weighted by molar-refractivity contribution is 5.96. The number of benzene rings is 1. The summed E-state index contributed by atoms with van der Waals surface area (Å²) in [6.45, 7) is 5.29. The molecule has 1 aromatic rings. The molecular weight excluding hydrogens is 248 g/mol. The summed E-state index contributed by atoms with van der Waals surface area (Å²) in [6, 6.07) is 6.34. The minimum Gasteiger partial charge on any atom is -0.334 e. The van der Waals surface area contributed by atoms with Crippen LogP contribution in [0.15, 0.2) is 18.2 Å².